The molecule has 0 bridgehead atoms. The van der Waals surface area contributed by atoms with Crippen LogP contribution in [0.1, 0.15) is 53.5 Å². The van der Waals surface area contributed by atoms with E-state index in [-0.39, 0.29) is 0 Å². The molecule has 1 aliphatic heterocycles. The Hall–Kier alpha value is -2.24. The van der Waals surface area contributed by atoms with Gasteiger partial charge in [-0.2, -0.15) is 0 Å². The van der Waals surface area contributed by atoms with Crippen molar-refractivity contribution in [3.63, 3.8) is 0 Å². The number of aryl methyl sites for hydroxylation is 1. The Morgan fingerprint density at radius 2 is 1.64 bits per heavy atom. The largest absolute Gasteiger partial charge is 0.514 e. The van der Waals surface area contributed by atoms with Gasteiger partial charge >= 0.3 is 12.2 Å². The van der Waals surface area contributed by atoms with Crippen LogP contribution in [0.4, 0.5) is 15.3 Å². The van der Waals surface area contributed by atoms with Gasteiger partial charge in [0.2, 0.25) is 0 Å². The third-order valence-electron chi connectivity index (χ3n) is 3.38. The van der Waals surface area contributed by atoms with Gasteiger partial charge in [0.25, 0.3) is 0 Å². The quantitative estimate of drug-likeness (QED) is 0.544. The summed E-state index contributed by atoms with van der Waals surface area (Å²) in [5, 5.41) is 0. The normalized spacial score (nSPS) is 14.6. The van der Waals surface area contributed by atoms with Gasteiger partial charge in [-0.25, -0.2) is 9.59 Å². The first-order chi connectivity index (χ1) is 11.4. The third-order valence-corrected chi connectivity index (χ3v) is 3.38. The Morgan fingerprint density at radius 1 is 1.00 bits per heavy atom. The SMILES string of the molecule is CC(C)(C)OC(=O)Oc1ccc2c(c1)N(C(=O)OC(C)(C)C)CCC2. The molecule has 0 aromatic heterocycles. The van der Waals surface area contributed by atoms with Gasteiger partial charge in [0.15, 0.2) is 0 Å². The van der Waals surface area contributed by atoms with E-state index in [0.29, 0.717) is 18.0 Å². The summed E-state index contributed by atoms with van der Waals surface area (Å²) >= 11 is 0. The van der Waals surface area contributed by atoms with Crippen LogP contribution in [-0.4, -0.2) is 30.0 Å². The highest BCUT2D eigenvalue weighted by atomic mass is 16.7. The van der Waals surface area contributed by atoms with Gasteiger partial charge in [-0.05, 0) is 66.0 Å². The van der Waals surface area contributed by atoms with Crippen LogP contribution < -0.4 is 9.64 Å². The summed E-state index contributed by atoms with van der Waals surface area (Å²) in [6.07, 6.45) is 0.551. The molecular weight excluding hydrogens is 322 g/mol. The second-order valence-electron chi connectivity index (χ2n) is 8.09. The van der Waals surface area contributed by atoms with Crippen LogP contribution in [0.15, 0.2) is 18.2 Å². The van der Waals surface area contributed by atoms with Gasteiger partial charge in [-0.3, -0.25) is 4.90 Å². The Balaban J connectivity index is 2.19. The number of benzene rings is 1. The first-order valence-electron chi connectivity index (χ1n) is 8.49. The molecule has 0 aliphatic carbocycles. The number of carbonyl (C=O) groups excluding carboxylic acids is 2. The molecule has 1 heterocycles. The number of amides is 1. The van der Waals surface area contributed by atoms with Crippen LogP contribution >= 0.6 is 0 Å². The lowest BCUT2D eigenvalue weighted by atomic mass is 10.0. The minimum absolute atomic E-state index is 0.337. The van der Waals surface area contributed by atoms with E-state index in [4.69, 9.17) is 14.2 Å². The van der Waals surface area contributed by atoms with Crippen LogP contribution in [-0.2, 0) is 15.9 Å². The molecule has 0 atom stereocenters. The highest BCUT2D eigenvalue weighted by Crippen LogP contribution is 2.32. The molecule has 0 N–H and O–H groups in total. The number of anilines is 1. The van der Waals surface area contributed by atoms with Crippen LogP contribution in [0.5, 0.6) is 5.75 Å². The van der Waals surface area contributed by atoms with E-state index in [2.05, 4.69) is 0 Å². The lowest BCUT2D eigenvalue weighted by molar-refractivity contribution is 0.0206. The zero-order chi connectivity index (χ0) is 18.8. The van der Waals surface area contributed by atoms with Gasteiger partial charge in [-0.1, -0.05) is 6.07 Å². The van der Waals surface area contributed by atoms with Crippen molar-refractivity contribution in [1.82, 2.24) is 0 Å². The predicted octanol–water partition coefficient (Wildman–Crippen LogP) is 4.69. The first-order valence-corrected chi connectivity index (χ1v) is 8.49. The van der Waals surface area contributed by atoms with E-state index in [1.165, 1.54) is 0 Å². The maximum atomic E-state index is 12.5. The van der Waals surface area contributed by atoms with E-state index >= 15 is 0 Å². The topological polar surface area (TPSA) is 65.1 Å². The third kappa shape index (κ3) is 5.66. The summed E-state index contributed by atoms with van der Waals surface area (Å²) in [7, 11) is 0. The lowest BCUT2D eigenvalue weighted by Crippen LogP contribution is -2.39. The molecule has 25 heavy (non-hydrogen) atoms. The van der Waals surface area contributed by atoms with Gasteiger partial charge in [-0.15, -0.1) is 0 Å². The van der Waals surface area contributed by atoms with Crippen molar-refractivity contribution in [2.75, 3.05) is 11.4 Å². The molecule has 0 fully saturated rings. The summed E-state index contributed by atoms with van der Waals surface area (Å²) in [5.41, 5.74) is 0.530. The molecule has 1 aromatic rings. The molecule has 1 aromatic carbocycles. The summed E-state index contributed by atoms with van der Waals surface area (Å²) < 4.78 is 15.9. The average Bonchev–Trinajstić information content (AvgIpc) is 2.42. The minimum atomic E-state index is -0.771. The molecule has 0 radical (unpaired) electrons. The predicted molar refractivity (Wildman–Crippen MR) is 95.2 cm³/mol. The second-order valence-corrected chi connectivity index (χ2v) is 8.09. The lowest BCUT2D eigenvalue weighted by Gasteiger charge is -2.31. The summed E-state index contributed by atoms with van der Waals surface area (Å²) in [4.78, 5) is 25.9. The summed E-state index contributed by atoms with van der Waals surface area (Å²) in [6.45, 7) is 11.4. The zero-order valence-corrected chi connectivity index (χ0v) is 15.8. The van der Waals surface area contributed by atoms with Crippen molar-refractivity contribution in [1.29, 1.82) is 0 Å². The molecule has 0 saturated carbocycles. The van der Waals surface area contributed by atoms with Crippen LogP contribution in [0.25, 0.3) is 0 Å². The molecule has 0 unspecified atom stereocenters. The van der Waals surface area contributed by atoms with Crippen molar-refractivity contribution < 1.29 is 23.8 Å². The van der Waals surface area contributed by atoms with E-state index in [0.717, 1.165) is 18.4 Å². The molecule has 6 nitrogen and oxygen atoms in total. The number of hydrogen-bond donors (Lipinski definition) is 0. The van der Waals surface area contributed by atoms with E-state index in [1.54, 1.807) is 37.8 Å². The fraction of sp³-hybridized carbons (Fsp3) is 0.579. The van der Waals surface area contributed by atoms with Gasteiger partial charge in [0, 0.05) is 12.6 Å². The molecule has 2 rings (SSSR count). The standard InChI is InChI=1S/C19H27NO5/c1-18(2,3)24-16(21)20-11-7-8-13-9-10-14(12-15(13)20)23-17(22)25-19(4,5)6/h9-10,12H,7-8,11H2,1-6H3. The number of carbonyl (C=O) groups is 2. The maximum Gasteiger partial charge on any atom is 0.514 e. The fourth-order valence-electron chi connectivity index (χ4n) is 2.49. The molecular formula is C19H27NO5. The van der Waals surface area contributed by atoms with Crippen LogP contribution in [0.3, 0.4) is 0 Å². The van der Waals surface area contributed by atoms with Gasteiger partial charge in [0.05, 0.1) is 5.69 Å². The molecule has 0 spiro atoms. The van der Waals surface area contributed by atoms with Gasteiger partial charge < -0.3 is 14.2 Å². The van der Waals surface area contributed by atoms with E-state index < -0.39 is 23.5 Å². The van der Waals surface area contributed by atoms with Crippen molar-refractivity contribution in [2.45, 2.75) is 65.6 Å². The van der Waals surface area contributed by atoms with Crippen molar-refractivity contribution in [3.05, 3.63) is 23.8 Å². The summed E-state index contributed by atoms with van der Waals surface area (Å²) in [5.74, 6) is 0.337. The molecule has 6 heteroatoms. The second kappa shape index (κ2) is 6.94. The highest BCUT2D eigenvalue weighted by molar-refractivity contribution is 5.90. The number of fused-ring (bicyclic) bond motifs is 1. The van der Waals surface area contributed by atoms with Crippen molar-refractivity contribution in [2.24, 2.45) is 0 Å². The first kappa shape index (κ1) is 19.1. The fourth-order valence-corrected chi connectivity index (χ4v) is 2.49. The highest BCUT2D eigenvalue weighted by Gasteiger charge is 2.28. The Bertz CT molecular complexity index is 655. The van der Waals surface area contributed by atoms with Crippen molar-refractivity contribution >= 4 is 17.9 Å². The minimum Gasteiger partial charge on any atom is -0.443 e. The van der Waals surface area contributed by atoms with Crippen molar-refractivity contribution in [3.8, 4) is 5.75 Å². The van der Waals surface area contributed by atoms with Crippen LogP contribution in [0, 0.1) is 0 Å². The number of ether oxygens (including phenoxy) is 3. The number of nitrogens with zero attached hydrogens (tertiary/aromatic N) is 1. The number of rotatable bonds is 1. The Labute approximate surface area is 149 Å². The van der Waals surface area contributed by atoms with E-state index in [9.17, 15) is 9.59 Å². The molecule has 1 amide bonds. The van der Waals surface area contributed by atoms with Gasteiger partial charge in [0.1, 0.15) is 17.0 Å². The Morgan fingerprint density at radius 3 is 2.24 bits per heavy atom. The van der Waals surface area contributed by atoms with Crippen LogP contribution in [0.2, 0.25) is 0 Å². The summed E-state index contributed by atoms with van der Waals surface area (Å²) in [6, 6.07) is 5.26. The average molecular weight is 349 g/mol. The zero-order valence-electron chi connectivity index (χ0n) is 15.8. The van der Waals surface area contributed by atoms with E-state index in [1.807, 2.05) is 26.8 Å². The Kier molecular flexibility index (Phi) is 5.30. The number of hydrogen-bond acceptors (Lipinski definition) is 5. The maximum absolute atomic E-state index is 12.5. The molecule has 138 valence electrons. The molecule has 0 saturated heterocycles. The monoisotopic (exact) mass is 349 g/mol. The smallest absolute Gasteiger partial charge is 0.443 e. The molecule has 1 aliphatic rings.